The third-order valence-corrected chi connectivity index (χ3v) is 5.71. The van der Waals surface area contributed by atoms with Crippen LogP contribution >= 0.6 is 0 Å². The van der Waals surface area contributed by atoms with Crippen molar-refractivity contribution in [1.29, 1.82) is 0 Å². The van der Waals surface area contributed by atoms with Crippen LogP contribution in [0.5, 0.6) is 0 Å². The van der Waals surface area contributed by atoms with Crippen LogP contribution in [0.3, 0.4) is 0 Å². The van der Waals surface area contributed by atoms with Crippen LogP contribution in [0, 0.1) is 5.92 Å². The Morgan fingerprint density at radius 3 is 2.79 bits per heavy atom. The molecule has 1 saturated carbocycles. The third-order valence-electron chi connectivity index (χ3n) is 5.71. The Hall–Kier alpha value is -1.72. The molecule has 0 spiro atoms. The number of fused-ring (bicyclic) bond motifs is 1. The molecule has 0 bridgehead atoms. The summed E-state index contributed by atoms with van der Waals surface area (Å²) >= 11 is 0. The molecule has 2 fully saturated rings. The quantitative estimate of drug-likeness (QED) is 0.907. The summed E-state index contributed by atoms with van der Waals surface area (Å²) < 4.78 is 0. The number of para-hydroxylation sites is 1. The normalized spacial score (nSPS) is 28.5. The fourth-order valence-electron chi connectivity index (χ4n) is 4.53. The molecule has 5 heteroatoms. The fraction of sp³-hybridized carbons (Fsp3) is 0.579. The molecule has 1 aliphatic heterocycles. The minimum absolute atomic E-state index is 0.146. The van der Waals surface area contributed by atoms with Crippen molar-refractivity contribution in [3.63, 3.8) is 0 Å². The summed E-state index contributed by atoms with van der Waals surface area (Å²) in [5, 5.41) is 11.3. The first-order valence-electron chi connectivity index (χ1n) is 9.15. The molecule has 0 radical (unpaired) electrons. The van der Waals surface area contributed by atoms with Crippen molar-refractivity contribution in [2.75, 3.05) is 12.3 Å². The minimum Gasteiger partial charge on any atom is -0.393 e. The molecule has 128 valence electrons. The van der Waals surface area contributed by atoms with E-state index in [-0.39, 0.29) is 6.10 Å². The molecule has 2 aliphatic rings. The lowest BCUT2D eigenvalue weighted by atomic mass is 9.80. The number of nitrogen functional groups attached to an aromatic ring is 1. The molecule has 5 nitrogen and oxygen atoms in total. The Bertz CT molecular complexity index is 720. The zero-order valence-electron chi connectivity index (χ0n) is 14.1. The lowest BCUT2D eigenvalue weighted by Gasteiger charge is -2.37. The smallest absolute Gasteiger partial charge is 0.145 e. The highest BCUT2D eigenvalue weighted by molar-refractivity contribution is 5.87. The molecule has 0 amide bonds. The van der Waals surface area contributed by atoms with Crippen LogP contribution in [-0.4, -0.2) is 38.7 Å². The highest BCUT2D eigenvalue weighted by Crippen LogP contribution is 2.35. The van der Waals surface area contributed by atoms with E-state index in [2.05, 4.69) is 9.88 Å². The molecular weight excluding hydrogens is 300 g/mol. The van der Waals surface area contributed by atoms with Crippen LogP contribution in [0.15, 0.2) is 24.3 Å². The molecular formula is C19H26N4O. The van der Waals surface area contributed by atoms with Gasteiger partial charge in [0, 0.05) is 17.3 Å². The summed E-state index contributed by atoms with van der Waals surface area (Å²) in [4.78, 5) is 11.7. The molecule has 1 aliphatic carbocycles. The highest BCUT2D eigenvalue weighted by atomic mass is 16.3. The van der Waals surface area contributed by atoms with Crippen LogP contribution in [0.25, 0.3) is 10.9 Å². The monoisotopic (exact) mass is 326 g/mol. The molecule has 1 aromatic carbocycles. The first-order chi connectivity index (χ1) is 11.7. The maximum atomic E-state index is 10.4. The van der Waals surface area contributed by atoms with E-state index in [9.17, 15) is 5.11 Å². The number of hydrogen-bond donors (Lipinski definition) is 2. The maximum absolute atomic E-state index is 10.4. The maximum Gasteiger partial charge on any atom is 0.145 e. The van der Waals surface area contributed by atoms with Crippen molar-refractivity contribution in [2.24, 2.45) is 5.92 Å². The molecule has 2 aromatic rings. The molecule has 1 saturated heterocycles. The Kier molecular flexibility index (Phi) is 4.37. The van der Waals surface area contributed by atoms with Crippen molar-refractivity contribution in [2.45, 2.75) is 57.2 Å². The standard InChI is InChI=1S/C19H26N4O/c20-19-13-6-1-3-8-15(13)21-18(22-19)12-23-11-5-9-16(23)14-7-2-4-10-17(14)24/h1,3,6,8,14,16-17,24H,2,4-5,7,9-12H2,(H2,20,21,22)/t14-,16-,17+/m1/s1. The number of hydrogen-bond acceptors (Lipinski definition) is 5. The van der Waals surface area contributed by atoms with Gasteiger partial charge in [-0.15, -0.1) is 0 Å². The van der Waals surface area contributed by atoms with E-state index in [0.717, 1.165) is 49.1 Å². The largest absolute Gasteiger partial charge is 0.393 e. The van der Waals surface area contributed by atoms with Gasteiger partial charge >= 0.3 is 0 Å². The lowest BCUT2D eigenvalue weighted by molar-refractivity contribution is 0.0196. The van der Waals surface area contributed by atoms with Gasteiger partial charge < -0.3 is 10.8 Å². The molecule has 3 atom stereocenters. The van der Waals surface area contributed by atoms with Crippen LogP contribution < -0.4 is 5.73 Å². The predicted octanol–water partition coefficient (Wildman–Crippen LogP) is 2.73. The first-order valence-corrected chi connectivity index (χ1v) is 9.15. The van der Waals surface area contributed by atoms with Gasteiger partial charge in [0.1, 0.15) is 11.6 Å². The predicted molar refractivity (Wildman–Crippen MR) is 95.3 cm³/mol. The summed E-state index contributed by atoms with van der Waals surface area (Å²) in [6.45, 7) is 1.78. The molecule has 1 aromatic heterocycles. The van der Waals surface area contributed by atoms with Gasteiger partial charge in [-0.25, -0.2) is 9.97 Å². The Labute approximate surface area is 142 Å². The molecule has 4 rings (SSSR count). The second kappa shape index (κ2) is 6.65. The van der Waals surface area contributed by atoms with Crippen molar-refractivity contribution >= 4 is 16.7 Å². The number of likely N-dealkylation sites (tertiary alicyclic amines) is 1. The van der Waals surface area contributed by atoms with Gasteiger partial charge in [-0.05, 0) is 44.4 Å². The van der Waals surface area contributed by atoms with Gasteiger partial charge in [0.05, 0.1) is 18.2 Å². The number of nitrogens with zero attached hydrogens (tertiary/aromatic N) is 3. The van der Waals surface area contributed by atoms with Gasteiger partial charge in [0.2, 0.25) is 0 Å². The number of rotatable bonds is 3. The van der Waals surface area contributed by atoms with Crippen molar-refractivity contribution in [3.05, 3.63) is 30.1 Å². The Morgan fingerprint density at radius 2 is 1.92 bits per heavy atom. The summed E-state index contributed by atoms with van der Waals surface area (Å²) in [5.41, 5.74) is 7.03. The number of aliphatic hydroxyl groups excluding tert-OH is 1. The second-order valence-electron chi connectivity index (χ2n) is 7.24. The van der Waals surface area contributed by atoms with E-state index >= 15 is 0 Å². The SMILES string of the molecule is Nc1nc(CN2CCC[C@@H]2[C@H]2CCCC[C@@H]2O)nc2ccccc12. The van der Waals surface area contributed by atoms with Crippen LogP contribution in [0.2, 0.25) is 0 Å². The molecule has 0 unspecified atom stereocenters. The number of aromatic nitrogens is 2. The average molecular weight is 326 g/mol. The van der Waals surface area contributed by atoms with E-state index in [0.29, 0.717) is 17.8 Å². The Morgan fingerprint density at radius 1 is 1.08 bits per heavy atom. The molecule has 2 heterocycles. The summed E-state index contributed by atoms with van der Waals surface area (Å²) in [6.07, 6.45) is 6.71. The second-order valence-corrected chi connectivity index (χ2v) is 7.24. The summed E-state index contributed by atoms with van der Waals surface area (Å²) in [6, 6.07) is 8.35. The number of benzene rings is 1. The summed E-state index contributed by atoms with van der Waals surface area (Å²) in [5.74, 6) is 1.76. The number of aliphatic hydroxyl groups is 1. The average Bonchev–Trinajstić information content (AvgIpc) is 3.03. The van der Waals surface area contributed by atoms with E-state index < -0.39 is 0 Å². The number of nitrogens with two attached hydrogens (primary N) is 1. The highest BCUT2D eigenvalue weighted by Gasteiger charge is 2.37. The molecule has 3 N–H and O–H groups in total. The Balaban J connectivity index is 1.55. The first kappa shape index (κ1) is 15.8. The number of anilines is 1. The van der Waals surface area contributed by atoms with E-state index in [1.54, 1.807) is 0 Å². The van der Waals surface area contributed by atoms with Crippen molar-refractivity contribution in [3.8, 4) is 0 Å². The van der Waals surface area contributed by atoms with Crippen LogP contribution in [0.4, 0.5) is 5.82 Å². The zero-order chi connectivity index (χ0) is 16.5. The van der Waals surface area contributed by atoms with E-state index in [1.807, 2.05) is 24.3 Å². The minimum atomic E-state index is -0.146. The fourth-order valence-corrected chi connectivity index (χ4v) is 4.53. The zero-order valence-corrected chi connectivity index (χ0v) is 14.1. The topological polar surface area (TPSA) is 75.3 Å². The van der Waals surface area contributed by atoms with Gasteiger partial charge in [0.15, 0.2) is 0 Å². The van der Waals surface area contributed by atoms with Gasteiger partial charge in [-0.3, -0.25) is 4.90 Å². The van der Waals surface area contributed by atoms with Crippen molar-refractivity contribution < 1.29 is 5.11 Å². The van der Waals surface area contributed by atoms with E-state index in [1.165, 1.54) is 19.3 Å². The summed E-state index contributed by atoms with van der Waals surface area (Å²) in [7, 11) is 0. The van der Waals surface area contributed by atoms with Crippen LogP contribution in [0.1, 0.15) is 44.3 Å². The van der Waals surface area contributed by atoms with Crippen molar-refractivity contribution in [1.82, 2.24) is 14.9 Å². The van der Waals surface area contributed by atoms with Gasteiger partial charge in [-0.1, -0.05) is 25.0 Å². The molecule has 24 heavy (non-hydrogen) atoms. The van der Waals surface area contributed by atoms with Gasteiger partial charge in [0.25, 0.3) is 0 Å². The lowest BCUT2D eigenvalue weighted by Crippen LogP contribution is -2.42. The third kappa shape index (κ3) is 2.98. The van der Waals surface area contributed by atoms with Gasteiger partial charge in [-0.2, -0.15) is 0 Å². The van der Waals surface area contributed by atoms with Crippen LogP contribution in [-0.2, 0) is 6.54 Å². The van der Waals surface area contributed by atoms with E-state index in [4.69, 9.17) is 10.7 Å².